The molecule has 1 aliphatic rings. The normalized spacial score (nSPS) is 14.8. The van der Waals surface area contributed by atoms with Crippen LogP contribution in [0.5, 0.6) is 0 Å². The van der Waals surface area contributed by atoms with E-state index in [-0.39, 0.29) is 11.7 Å². The van der Waals surface area contributed by atoms with Gasteiger partial charge in [-0.3, -0.25) is 4.79 Å². The number of amides is 1. The van der Waals surface area contributed by atoms with E-state index in [4.69, 9.17) is 11.6 Å². The second kappa shape index (κ2) is 4.91. The standard InChI is InChI=1S/C16H13ClFNO/c1-9-3-2-4-12(16(9)18)15(17)10-5-6-13-11(7-10)8-14(20)19-13/h2-7,15H,8H2,1H3,(H,19,20). The first-order valence-electron chi connectivity index (χ1n) is 6.38. The van der Waals surface area contributed by atoms with Crippen LogP contribution in [0, 0.1) is 12.7 Å². The number of carbonyl (C=O) groups excluding carboxylic acids is 1. The highest BCUT2D eigenvalue weighted by molar-refractivity contribution is 6.22. The van der Waals surface area contributed by atoms with E-state index in [1.807, 2.05) is 18.2 Å². The van der Waals surface area contributed by atoms with Crippen molar-refractivity contribution >= 4 is 23.2 Å². The lowest BCUT2D eigenvalue weighted by molar-refractivity contribution is -0.115. The van der Waals surface area contributed by atoms with Gasteiger partial charge in [-0.25, -0.2) is 4.39 Å². The molecular weight excluding hydrogens is 277 g/mol. The summed E-state index contributed by atoms with van der Waals surface area (Å²) < 4.78 is 14.1. The predicted molar refractivity (Wildman–Crippen MR) is 77.6 cm³/mol. The summed E-state index contributed by atoms with van der Waals surface area (Å²) in [6.45, 7) is 1.72. The number of hydrogen-bond donors (Lipinski definition) is 1. The van der Waals surface area contributed by atoms with Gasteiger partial charge >= 0.3 is 0 Å². The van der Waals surface area contributed by atoms with Crippen molar-refractivity contribution < 1.29 is 9.18 Å². The Balaban J connectivity index is 1.99. The lowest BCUT2D eigenvalue weighted by atomic mass is 9.99. The number of anilines is 1. The fourth-order valence-electron chi connectivity index (χ4n) is 2.45. The third-order valence-electron chi connectivity index (χ3n) is 3.54. The first kappa shape index (κ1) is 13.1. The molecule has 0 fully saturated rings. The average molecular weight is 290 g/mol. The zero-order valence-electron chi connectivity index (χ0n) is 10.9. The van der Waals surface area contributed by atoms with Crippen LogP contribution in [0.4, 0.5) is 10.1 Å². The van der Waals surface area contributed by atoms with Crippen molar-refractivity contribution in [3.05, 3.63) is 64.5 Å². The maximum Gasteiger partial charge on any atom is 0.228 e. The molecule has 0 aromatic heterocycles. The Hall–Kier alpha value is -1.87. The number of aryl methyl sites for hydroxylation is 1. The highest BCUT2D eigenvalue weighted by atomic mass is 35.5. The van der Waals surface area contributed by atoms with E-state index < -0.39 is 5.38 Å². The number of benzene rings is 2. The van der Waals surface area contributed by atoms with E-state index in [9.17, 15) is 9.18 Å². The molecular formula is C16H13ClFNO. The van der Waals surface area contributed by atoms with Crippen LogP contribution in [0.3, 0.4) is 0 Å². The van der Waals surface area contributed by atoms with Gasteiger partial charge in [0.25, 0.3) is 0 Å². The minimum absolute atomic E-state index is 0.0231. The van der Waals surface area contributed by atoms with Crippen molar-refractivity contribution in [2.45, 2.75) is 18.7 Å². The van der Waals surface area contributed by atoms with Gasteiger partial charge in [0.05, 0.1) is 11.8 Å². The molecule has 0 aliphatic carbocycles. The summed E-state index contributed by atoms with van der Waals surface area (Å²) in [4.78, 5) is 11.3. The second-order valence-corrected chi connectivity index (χ2v) is 5.42. The van der Waals surface area contributed by atoms with Gasteiger partial charge < -0.3 is 5.32 Å². The Labute approximate surface area is 121 Å². The molecule has 1 amide bonds. The molecule has 0 spiro atoms. The lowest BCUT2D eigenvalue weighted by Crippen LogP contribution is -2.03. The zero-order chi connectivity index (χ0) is 14.3. The van der Waals surface area contributed by atoms with E-state index in [1.54, 1.807) is 25.1 Å². The molecule has 1 unspecified atom stereocenters. The van der Waals surface area contributed by atoms with E-state index in [0.29, 0.717) is 17.5 Å². The average Bonchev–Trinajstić information content (AvgIpc) is 2.80. The van der Waals surface area contributed by atoms with Crippen molar-refractivity contribution in [1.82, 2.24) is 0 Å². The number of hydrogen-bond acceptors (Lipinski definition) is 1. The highest BCUT2D eigenvalue weighted by Crippen LogP contribution is 2.34. The Bertz CT molecular complexity index is 699. The number of rotatable bonds is 2. The molecule has 0 bridgehead atoms. The smallest absolute Gasteiger partial charge is 0.228 e. The summed E-state index contributed by atoms with van der Waals surface area (Å²) in [5.41, 5.74) is 3.56. The summed E-state index contributed by atoms with van der Waals surface area (Å²) in [5.74, 6) is -0.299. The van der Waals surface area contributed by atoms with E-state index in [1.165, 1.54) is 0 Å². The Morgan fingerprint density at radius 1 is 1.30 bits per heavy atom. The maximum atomic E-state index is 14.1. The van der Waals surface area contributed by atoms with Crippen molar-refractivity contribution in [1.29, 1.82) is 0 Å². The van der Waals surface area contributed by atoms with Crippen molar-refractivity contribution in [2.75, 3.05) is 5.32 Å². The minimum Gasteiger partial charge on any atom is -0.326 e. The second-order valence-electron chi connectivity index (χ2n) is 4.98. The molecule has 2 aromatic rings. The number of alkyl halides is 1. The predicted octanol–water partition coefficient (Wildman–Crippen LogP) is 3.96. The van der Waals surface area contributed by atoms with E-state index >= 15 is 0 Å². The number of fused-ring (bicyclic) bond motifs is 1. The zero-order valence-corrected chi connectivity index (χ0v) is 11.7. The summed E-state index contributed by atoms with van der Waals surface area (Å²) in [7, 11) is 0. The molecule has 1 N–H and O–H groups in total. The third kappa shape index (κ3) is 2.18. The Morgan fingerprint density at radius 2 is 2.10 bits per heavy atom. The molecule has 3 rings (SSSR count). The van der Waals surface area contributed by atoms with E-state index in [2.05, 4.69) is 5.32 Å². The van der Waals surface area contributed by atoms with Crippen LogP contribution in [0.15, 0.2) is 36.4 Å². The van der Waals surface area contributed by atoms with Crippen LogP contribution in [0.2, 0.25) is 0 Å². The Morgan fingerprint density at radius 3 is 2.90 bits per heavy atom. The number of carbonyl (C=O) groups is 1. The quantitative estimate of drug-likeness (QED) is 0.833. The van der Waals surface area contributed by atoms with Crippen molar-refractivity contribution in [3.8, 4) is 0 Å². The first-order chi connectivity index (χ1) is 9.56. The lowest BCUT2D eigenvalue weighted by Gasteiger charge is -2.13. The molecule has 0 saturated heterocycles. The van der Waals surface area contributed by atoms with Gasteiger partial charge in [0, 0.05) is 11.3 Å². The number of halogens is 2. The van der Waals surface area contributed by atoms with Gasteiger partial charge in [-0.05, 0) is 29.7 Å². The topological polar surface area (TPSA) is 29.1 Å². The maximum absolute atomic E-state index is 14.1. The van der Waals surface area contributed by atoms with Gasteiger partial charge in [-0.15, -0.1) is 11.6 Å². The van der Waals surface area contributed by atoms with Gasteiger partial charge in [-0.2, -0.15) is 0 Å². The van der Waals surface area contributed by atoms with Crippen LogP contribution in [-0.2, 0) is 11.2 Å². The van der Waals surface area contributed by atoms with Gasteiger partial charge in [0.2, 0.25) is 5.91 Å². The first-order valence-corrected chi connectivity index (χ1v) is 6.81. The van der Waals surface area contributed by atoms with Crippen molar-refractivity contribution in [2.24, 2.45) is 0 Å². The molecule has 1 heterocycles. The van der Waals surface area contributed by atoms with Gasteiger partial charge in [0.15, 0.2) is 0 Å². The molecule has 4 heteroatoms. The summed E-state index contributed by atoms with van der Waals surface area (Å²) in [5, 5.41) is 2.21. The summed E-state index contributed by atoms with van der Waals surface area (Å²) in [6.07, 6.45) is 0.350. The fourth-order valence-corrected chi connectivity index (χ4v) is 2.76. The van der Waals surface area contributed by atoms with Gasteiger partial charge in [0.1, 0.15) is 5.82 Å². The fraction of sp³-hybridized carbons (Fsp3) is 0.188. The monoisotopic (exact) mass is 289 g/mol. The summed E-state index contributed by atoms with van der Waals surface area (Å²) >= 11 is 6.40. The highest BCUT2D eigenvalue weighted by Gasteiger charge is 2.21. The Kier molecular flexibility index (Phi) is 3.22. The molecule has 2 aromatic carbocycles. The summed E-state index contributed by atoms with van der Waals surface area (Å²) in [6, 6.07) is 10.7. The molecule has 0 radical (unpaired) electrons. The van der Waals surface area contributed by atoms with Crippen LogP contribution in [-0.4, -0.2) is 5.91 Å². The van der Waals surface area contributed by atoms with Crippen LogP contribution in [0.25, 0.3) is 0 Å². The molecule has 102 valence electrons. The van der Waals surface area contributed by atoms with E-state index in [0.717, 1.165) is 16.8 Å². The van der Waals surface area contributed by atoms with Crippen LogP contribution in [0.1, 0.15) is 27.6 Å². The van der Waals surface area contributed by atoms with Gasteiger partial charge in [-0.1, -0.05) is 30.3 Å². The molecule has 2 nitrogen and oxygen atoms in total. The largest absolute Gasteiger partial charge is 0.326 e. The molecule has 20 heavy (non-hydrogen) atoms. The third-order valence-corrected chi connectivity index (χ3v) is 4.03. The molecule has 0 saturated carbocycles. The number of nitrogens with one attached hydrogen (secondary N) is 1. The molecule has 1 atom stereocenters. The van der Waals surface area contributed by atoms with Crippen molar-refractivity contribution in [3.63, 3.8) is 0 Å². The van der Waals surface area contributed by atoms with Crippen LogP contribution >= 0.6 is 11.6 Å². The van der Waals surface area contributed by atoms with Crippen LogP contribution < -0.4 is 5.32 Å². The molecule has 1 aliphatic heterocycles. The SMILES string of the molecule is Cc1cccc(C(Cl)c2ccc3c(c2)CC(=O)N3)c1F. The minimum atomic E-state index is -0.559.